The molecule has 0 spiro atoms. The Kier molecular flexibility index (Phi) is 2.57. The van der Waals surface area contributed by atoms with Crippen LogP contribution in [0.2, 0.25) is 0 Å². The van der Waals surface area contributed by atoms with Gasteiger partial charge in [-0.3, -0.25) is 4.79 Å². The summed E-state index contributed by atoms with van der Waals surface area (Å²) in [5, 5.41) is 9.75. The molecule has 3 atom stereocenters. The number of hydrogen-bond donors (Lipinski definition) is 1. The van der Waals surface area contributed by atoms with Crippen molar-refractivity contribution in [2.24, 2.45) is 11.3 Å². The maximum absolute atomic E-state index is 11.3. The Morgan fingerprint density at radius 3 is 2.58 bits per heavy atom. The summed E-state index contributed by atoms with van der Waals surface area (Å²) in [6.45, 7) is 5.59. The van der Waals surface area contributed by atoms with Gasteiger partial charge in [0, 0.05) is 0 Å². The van der Waals surface area contributed by atoms with E-state index in [0.717, 1.165) is 19.3 Å². The highest BCUT2D eigenvalue weighted by Crippen LogP contribution is 2.39. The second-order valence-electron chi connectivity index (χ2n) is 4.37. The van der Waals surface area contributed by atoms with Gasteiger partial charge in [-0.1, -0.05) is 13.8 Å². The fourth-order valence-electron chi connectivity index (χ4n) is 1.88. The van der Waals surface area contributed by atoms with Crippen molar-refractivity contribution >= 4 is 5.78 Å². The van der Waals surface area contributed by atoms with Gasteiger partial charge in [0.05, 0.1) is 11.5 Å². The molecule has 0 amide bonds. The summed E-state index contributed by atoms with van der Waals surface area (Å²) in [5.41, 5.74) is -0.466. The molecule has 0 bridgehead atoms. The van der Waals surface area contributed by atoms with Gasteiger partial charge < -0.3 is 5.11 Å². The summed E-state index contributed by atoms with van der Waals surface area (Å²) in [6, 6.07) is 0. The van der Waals surface area contributed by atoms with E-state index in [2.05, 4.69) is 6.92 Å². The first-order valence-electron chi connectivity index (χ1n) is 4.66. The summed E-state index contributed by atoms with van der Waals surface area (Å²) in [4.78, 5) is 11.3. The Morgan fingerprint density at radius 1 is 1.58 bits per heavy atom. The molecule has 2 nitrogen and oxygen atoms in total. The minimum absolute atomic E-state index is 0.127. The Labute approximate surface area is 74.0 Å². The van der Waals surface area contributed by atoms with Crippen molar-refractivity contribution in [2.75, 3.05) is 0 Å². The first-order valence-corrected chi connectivity index (χ1v) is 4.66. The zero-order chi connectivity index (χ0) is 9.35. The molecule has 1 fully saturated rings. The average Bonchev–Trinajstić information content (AvgIpc) is 1.97. The Morgan fingerprint density at radius 2 is 2.17 bits per heavy atom. The summed E-state index contributed by atoms with van der Waals surface area (Å²) in [7, 11) is 0. The lowest BCUT2D eigenvalue weighted by atomic mass is 9.68. The number of aliphatic hydroxyl groups is 1. The maximum Gasteiger partial charge on any atom is 0.138 e. The lowest BCUT2D eigenvalue weighted by Crippen LogP contribution is -2.43. The molecule has 1 rings (SSSR count). The molecule has 2 heteroatoms. The van der Waals surface area contributed by atoms with E-state index in [1.807, 2.05) is 6.92 Å². The van der Waals surface area contributed by atoms with E-state index in [1.54, 1.807) is 6.92 Å². The zero-order valence-electron chi connectivity index (χ0n) is 8.13. The number of ketones is 1. The highest BCUT2D eigenvalue weighted by atomic mass is 16.3. The highest BCUT2D eigenvalue weighted by molar-refractivity contribution is 5.82. The minimum atomic E-state index is -0.466. The van der Waals surface area contributed by atoms with Gasteiger partial charge in [0.25, 0.3) is 0 Å². The number of Topliss-reactive ketones (excluding diaryl/α,β-unsaturated/α-hetero) is 1. The fourth-order valence-corrected chi connectivity index (χ4v) is 1.88. The smallest absolute Gasteiger partial charge is 0.138 e. The predicted molar refractivity (Wildman–Crippen MR) is 47.8 cm³/mol. The Balaban J connectivity index is 2.72. The summed E-state index contributed by atoms with van der Waals surface area (Å²) in [5.74, 6) is 0.689. The minimum Gasteiger partial charge on any atom is -0.392 e. The normalized spacial score (nSPS) is 42.7. The summed E-state index contributed by atoms with van der Waals surface area (Å²) >= 11 is 0. The molecule has 0 aromatic carbocycles. The van der Waals surface area contributed by atoms with Gasteiger partial charge in [0.2, 0.25) is 0 Å². The molecule has 0 aromatic heterocycles. The number of aliphatic hydroxyl groups excluding tert-OH is 1. The van der Waals surface area contributed by atoms with Crippen LogP contribution in [0.3, 0.4) is 0 Å². The van der Waals surface area contributed by atoms with Gasteiger partial charge in [0.15, 0.2) is 0 Å². The molecule has 70 valence electrons. The highest BCUT2D eigenvalue weighted by Gasteiger charge is 2.41. The molecular formula is C10H18O2. The van der Waals surface area contributed by atoms with Gasteiger partial charge in [0.1, 0.15) is 5.78 Å². The molecule has 0 heterocycles. The first kappa shape index (κ1) is 9.72. The third-order valence-electron chi connectivity index (χ3n) is 3.32. The van der Waals surface area contributed by atoms with Gasteiger partial charge in [-0.25, -0.2) is 0 Å². The lowest BCUT2D eigenvalue weighted by molar-refractivity contribution is -0.136. The van der Waals surface area contributed by atoms with Crippen LogP contribution in [0.15, 0.2) is 0 Å². The van der Waals surface area contributed by atoms with Crippen LogP contribution in [0.5, 0.6) is 0 Å². The summed E-state index contributed by atoms with van der Waals surface area (Å²) in [6.07, 6.45) is 2.24. The van der Waals surface area contributed by atoms with Gasteiger partial charge in [-0.15, -0.1) is 0 Å². The van der Waals surface area contributed by atoms with Gasteiger partial charge in [-0.05, 0) is 32.1 Å². The van der Waals surface area contributed by atoms with Crippen molar-refractivity contribution in [3.63, 3.8) is 0 Å². The van der Waals surface area contributed by atoms with Crippen LogP contribution in [-0.4, -0.2) is 17.0 Å². The van der Waals surface area contributed by atoms with E-state index in [1.165, 1.54) is 0 Å². The molecule has 1 saturated carbocycles. The topological polar surface area (TPSA) is 37.3 Å². The molecule has 1 unspecified atom stereocenters. The van der Waals surface area contributed by atoms with Crippen molar-refractivity contribution in [3.05, 3.63) is 0 Å². The monoisotopic (exact) mass is 170 g/mol. The quantitative estimate of drug-likeness (QED) is 0.651. The number of carbonyl (C=O) groups excluding carboxylic acids is 1. The van der Waals surface area contributed by atoms with Crippen LogP contribution < -0.4 is 0 Å². The van der Waals surface area contributed by atoms with Crippen LogP contribution in [-0.2, 0) is 4.79 Å². The second kappa shape index (κ2) is 3.17. The lowest BCUT2D eigenvalue weighted by Gasteiger charge is -2.38. The Hall–Kier alpha value is -0.370. The number of carbonyl (C=O) groups is 1. The van der Waals surface area contributed by atoms with Crippen LogP contribution in [0.4, 0.5) is 0 Å². The van der Waals surface area contributed by atoms with Crippen LogP contribution in [0.25, 0.3) is 0 Å². The first-order chi connectivity index (χ1) is 5.47. The van der Waals surface area contributed by atoms with E-state index in [9.17, 15) is 9.90 Å². The Bertz CT molecular complexity index is 188. The van der Waals surface area contributed by atoms with E-state index >= 15 is 0 Å². The van der Waals surface area contributed by atoms with E-state index in [-0.39, 0.29) is 5.78 Å². The van der Waals surface area contributed by atoms with Gasteiger partial charge >= 0.3 is 0 Å². The van der Waals surface area contributed by atoms with Crippen molar-refractivity contribution in [1.29, 1.82) is 0 Å². The molecule has 1 N–H and O–H groups in total. The molecule has 0 radical (unpaired) electrons. The fraction of sp³-hybridized carbons (Fsp3) is 0.900. The standard InChI is InChI=1S/C10H18O2/c1-7-4-5-10(3,8(2)11)9(12)6-7/h7,9,12H,4-6H2,1-3H3/t7-,9+,10?/m1/s1. The molecule has 1 aliphatic carbocycles. The molecule has 0 saturated heterocycles. The van der Waals surface area contributed by atoms with E-state index in [4.69, 9.17) is 0 Å². The van der Waals surface area contributed by atoms with E-state index in [0.29, 0.717) is 5.92 Å². The molecule has 12 heavy (non-hydrogen) atoms. The zero-order valence-corrected chi connectivity index (χ0v) is 8.13. The van der Waals surface area contributed by atoms with Crippen LogP contribution >= 0.6 is 0 Å². The molecular weight excluding hydrogens is 152 g/mol. The van der Waals surface area contributed by atoms with Crippen molar-refractivity contribution < 1.29 is 9.90 Å². The third kappa shape index (κ3) is 1.53. The molecule has 1 aliphatic rings. The predicted octanol–water partition coefficient (Wildman–Crippen LogP) is 1.76. The van der Waals surface area contributed by atoms with Crippen LogP contribution in [0.1, 0.15) is 40.0 Å². The number of rotatable bonds is 1. The largest absolute Gasteiger partial charge is 0.392 e. The van der Waals surface area contributed by atoms with E-state index < -0.39 is 11.5 Å². The maximum atomic E-state index is 11.3. The molecule has 0 aromatic rings. The van der Waals surface area contributed by atoms with Crippen LogP contribution in [0, 0.1) is 11.3 Å². The summed E-state index contributed by atoms with van der Waals surface area (Å²) < 4.78 is 0. The van der Waals surface area contributed by atoms with Crippen molar-refractivity contribution in [3.8, 4) is 0 Å². The van der Waals surface area contributed by atoms with Crippen molar-refractivity contribution in [2.45, 2.75) is 46.1 Å². The van der Waals surface area contributed by atoms with Gasteiger partial charge in [-0.2, -0.15) is 0 Å². The average molecular weight is 170 g/mol. The molecule has 0 aliphatic heterocycles. The third-order valence-corrected chi connectivity index (χ3v) is 3.32. The SMILES string of the molecule is CC(=O)C1(C)CC[C@@H](C)C[C@@H]1O. The second-order valence-corrected chi connectivity index (χ2v) is 4.37. The van der Waals surface area contributed by atoms with Crippen molar-refractivity contribution in [1.82, 2.24) is 0 Å². The number of hydrogen-bond acceptors (Lipinski definition) is 2.